The number of hydrogen-bond acceptors (Lipinski definition) is 6. The maximum atomic E-state index is 12.3. The summed E-state index contributed by atoms with van der Waals surface area (Å²) in [6.45, 7) is 5.74. The number of hydrogen-bond donors (Lipinski definition) is 3. The van der Waals surface area contributed by atoms with Crippen LogP contribution < -0.4 is 9.47 Å². The maximum absolute atomic E-state index is 12.3. The lowest BCUT2D eigenvalue weighted by Crippen LogP contribution is -2.36. The van der Waals surface area contributed by atoms with Crippen LogP contribution in [-0.4, -0.2) is 72.8 Å². The van der Waals surface area contributed by atoms with Crippen LogP contribution in [-0.2, 0) is 11.2 Å². The Kier molecular flexibility index (Phi) is 15.8. The predicted octanol–water partition coefficient (Wildman–Crippen LogP) is 3.68. The number of aliphatic hydroxyl groups is 3. The van der Waals surface area contributed by atoms with Crippen LogP contribution in [0.4, 0.5) is 0 Å². The van der Waals surface area contributed by atoms with Crippen molar-refractivity contribution in [3.05, 3.63) is 59.2 Å². The Bertz CT molecular complexity index is 980. The number of amides is 1. The van der Waals surface area contributed by atoms with Crippen molar-refractivity contribution in [1.82, 2.24) is 4.90 Å². The van der Waals surface area contributed by atoms with Crippen LogP contribution >= 0.6 is 0 Å². The van der Waals surface area contributed by atoms with Gasteiger partial charge < -0.3 is 29.7 Å². The average Bonchev–Trinajstić information content (AvgIpc) is 2.90. The standard InChI is InChI=1S/C30H43NO6/c1-23(12-9-7-6-8-10-13-25(3)30(35)31(18-20-32)19-21-33)29(34)24(2)14-11-15-26-16-17-27(36-4)28(22-26)37-5/h9,12-14,16-17,22-23,29,32-34H,8,10-11,15,18-21H2,1-5H3/b12-9+,24-14+,25-13+/t23-,29-/m1/s1. The molecule has 0 aliphatic heterocycles. The molecule has 0 heterocycles. The van der Waals surface area contributed by atoms with Gasteiger partial charge in [0.15, 0.2) is 11.5 Å². The first-order chi connectivity index (χ1) is 17.8. The first kappa shape index (κ1) is 32.0. The van der Waals surface area contributed by atoms with Crippen LogP contribution in [0.5, 0.6) is 11.5 Å². The molecule has 0 saturated heterocycles. The van der Waals surface area contributed by atoms with Gasteiger partial charge in [0.2, 0.25) is 5.91 Å². The summed E-state index contributed by atoms with van der Waals surface area (Å²) in [6, 6.07) is 5.89. The van der Waals surface area contributed by atoms with Crippen molar-refractivity contribution < 1.29 is 29.6 Å². The molecule has 1 amide bonds. The molecule has 0 unspecified atom stereocenters. The Labute approximate surface area is 222 Å². The van der Waals surface area contributed by atoms with E-state index in [0.717, 1.165) is 24.0 Å². The zero-order valence-electron chi connectivity index (χ0n) is 22.9. The van der Waals surface area contributed by atoms with E-state index in [0.29, 0.717) is 29.9 Å². The maximum Gasteiger partial charge on any atom is 0.249 e. The number of unbranched alkanes of at least 4 members (excludes halogenated alkanes) is 1. The minimum absolute atomic E-state index is 0.0737. The molecule has 7 nitrogen and oxygen atoms in total. The Morgan fingerprint density at radius 3 is 2.35 bits per heavy atom. The van der Waals surface area contributed by atoms with Gasteiger partial charge in [-0.3, -0.25) is 4.79 Å². The molecule has 2 atom stereocenters. The number of nitrogens with zero attached hydrogens (tertiary/aromatic N) is 1. The van der Waals surface area contributed by atoms with Crippen LogP contribution in [0.1, 0.15) is 45.6 Å². The van der Waals surface area contributed by atoms with Crippen LogP contribution in [0.2, 0.25) is 0 Å². The third-order valence-electron chi connectivity index (χ3n) is 5.98. The highest BCUT2D eigenvalue weighted by molar-refractivity contribution is 5.92. The highest BCUT2D eigenvalue weighted by Gasteiger charge is 2.14. The molecule has 7 heteroatoms. The Balaban J connectivity index is 2.51. The summed E-state index contributed by atoms with van der Waals surface area (Å²) in [4.78, 5) is 13.8. The molecule has 0 fully saturated rings. The smallest absolute Gasteiger partial charge is 0.249 e. The second-order valence-electron chi connectivity index (χ2n) is 8.83. The summed E-state index contributed by atoms with van der Waals surface area (Å²) in [5.41, 5.74) is 2.64. The number of carbonyl (C=O) groups is 1. The fraction of sp³-hybridized carbons (Fsp3) is 0.500. The number of aryl methyl sites for hydroxylation is 1. The highest BCUT2D eigenvalue weighted by Crippen LogP contribution is 2.28. The van der Waals surface area contributed by atoms with Crippen molar-refractivity contribution in [3.8, 4) is 23.3 Å². The van der Waals surface area contributed by atoms with Gasteiger partial charge in [0.25, 0.3) is 0 Å². The van der Waals surface area contributed by atoms with E-state index < -0.39 is 6.10 Å². The van der Waals surface area contributed by atoms with Gasteiger partial charge in [-0.2, -0.15) is 0 Å². The first-order valence-corrected chi connectivity index (χ1v) is 12.7. The van der Waals surface area contributed by atoms with Crippen LogP contribution in [0, 0.1) is 17.8 Å². The van der Waals surface area contributed by atoms with E-state index in [4.69, 9.17) is 19.7 Å². The van der Waals surface area contributed by atoms with E-state index in [1.807, 2.05) is 44.2 Å². The molecule has 1 aromatic rings. The fourth-order valence-electron chi connectivity index (χ4n) is 3.73. The summed E-state index contributed by atoms with van der Waals surface area (Å²) < 4.78 is 10.6. The summed E-state index contributed by atoms with van der Waals surface area (Å²) in [7, 11) is 3.24. The van der Waals surface area contributed by atoms with Crippen molar-refractivity contribution in [3.63, 3.8) is 0 Å². The Morgan fingerprint density at radius 1 is 1.05 bits per heavy atom. The minimum atomic E-state index is -0.583. The molecule has 0 aliphatic carbocycles. The molecule has 1 aromatic carbocycles. The predicted molar refractivity (Wildman–Crippen MR) is 147 cm³/mol. The van der Waals surface area contributed by atoms with Crippen molar-refractivity contribution in [2.75, 3.05) is 40.5 Å². The number of benzene rings is 1. The fourth-order valence-corrected chi connectivity index (χ4v) is 3.73. The molecule has 0 aliphatic rings. The first-order valence-electron chi connectivity index (χ1n) is 12.7. The number of methoxy groups -OCH3 is 2. The second-order valence-corrected chi connectivity index (χ2v) is 8.83. The van der Waals surface area contributed by atoms with Crippen LogP contribution in [0.3, 0.4) is 0 Å². The number of rotatable bonds is 15. The molecule has 0 saturated carbocycles. The zero-order valence-corrected chi connectivity index (χ0v) is 22.9. The molecule has 0 radical (unpaired) electrons. The largest absolute Gasteiger partial charge is 0.493 e. The van der Waals surface area contributed by atoms with Gasteiger partial charge in [-0.05, 0) is 62.5 Å². The van der Waals surface area contributed by atoms with E-state index in [-0.39, 0.29) is 38.1 Å². The molecule has 3 N–H and O–H groups in total. The summed E-state index contributed by atoms with van der Waals surface area (Å²) in [5.74, 6) is 7.19. The highest BCUT2D eigenvalue weighted by atomic mass is 16.5. The third kappa shape index (κ3) is 11.7. The lowest BCUT2D eigenvalue weighted by molar-refractivity contribution is -0.128. The molecule has 0 spiro atoms. The van der Waals surface area contributed by atoms with Gasteiger partial charge in [-0.25, -0.2) is 0 Å². The Hall–Kier alpha value is -3.05. The number of ether oxygens (including phenoxy) is 2. The second kappa shape index (κ2) is 18.2. The van der Waals surface area contributed by atoms with Gasteiger partial charge in [-0.1, -0.05) is 43.1 Å². The van der Waals surface area contributed by atoms with E-state index in [2.05, 4.69) is 17.9 Å². The molecular formula is C30H43NO6. The quantitative estimate of drug-likeness (QED) is 0.143. The summed E-state index contributed by atoms with van der Waals surface area (Å²) >= 11 is 0. The molecule has 37 heavy (non-hydrogen) atoms. The Morgan fingerprint density at radius 2 is 1.73 bits per heavy atom. The SMILES string of the molecule is COc1ccc(CC/C=C(\C)[C@H](O)[C@H](C)/C=C/C#CCC/C=C(\C)C(=O)N(CCO)CCO)cc1OC. The summed E-state index contributed by atoms with van der Waals surface area (Å²) in [6.07, 6.45) is 9.84. The van der Waals surface area contributed by atoms with E-state index in [9.17, 15) is 9.90 Å². The molecule has 0 bridgehead atoms. The molecular weight excluding hydrogens is 470 g/mol. The number of aliphatic hydroxyl groups excluding tert-OH is 3. The zero-order chi connectivity index (χ0) is 27.6. The summed E-state index contributed by atoms with van der Waals surface area (Å²) in [5, 5.41) is 28.8. The van der Waals surface area contributed by atoms with Crippen molar-refractivity contribution in [2.24, 2.45) is 5.92 Å². The van der Waals surface area contributed by atoms with Crippen LogP contribution in [0.15, 0.2) is 53.6 Å². The van der Waals surface area contributed by atoms with Gasteiger partial charge in [0, 0.05) is 31.0 Å². The van der Waals surface area contributed by atoms with Crippen molar-refractivity contribution >= 4 is 5.91 Å². The topological polar surface area (TPSA) is 99.5 Å². The average molecular weight is 514 g/mol. The third-order valence-corrected chi connectivity index (χ3v) is 5.98. The van der Waals surface area contributed by atoms with Gasteiger partial charge in [-0.15, -0.1) is 0 Å². The van der Waals surface area contributed by atoms with Gasteiger partial charge in [0.1, 0.15) is 0 Å². The van der Waals surface area contributed by atoms with E-state index in [1.165, 1.54) is 4.90 Å². The molecule has 1 rings (SSSR count). The van der Waals surface area contributed by atoms with Crippen molar-refractivity contribution in [2.45, 2.75) is 52.6 Å². The number of allylic oxidation sites excluding steroid dienone is 3. The van der Waals surface area contributed by atoms with Gasteiger partial charge >= 0.3 is 0 Å². The molecule has 0 aromatic heterocycles. The van der Waals surface area contributed by atoms with Crippen LogP contribution in [0.25, 0.3) is 0 Å². The van der Waals surface area contributed by atoms with E-state index in [1.54, 1.807) is 27.2 Å². The van der Waals surface area contributed by atoms with E-state index >= 15 is 0 Å². The number of carbonyl (C=O) groups excluding carboxylic acids is 1. The van der Waals surface area contributed by atoms with Gasteiger partial charge in [0.05, 0.1) is 33.5 Å². The normalized spacial score (nSPS) is 13.6. The minimum Gasteiger partial charge on any atom is -0.493 e. The lowest BCUT2D eigenvalue weighted by atomic mass is 9.96. The monoisotopic (exact) mass is 513 g/mol. The molecule has 204 valence electrons. The van der Waals surface area contributed by atoms with Crippen molar-refractivity contribution in [1.29, 1.82) is 0 Å². The lowest BCUT2D eigenvalue weighted by Gasteiger charge is -2.20.